The fourth-order valence-electron chi connectivity index (χ4n) is 3.24. The van der Waals surface area contributed by atoms with E-state index in [2.05, 4.69) is 26.1 Å². The monoisotopic (exact) mass is 355 g/mol. The van der Waals surface area contributed by atoms with Crippen LogP contribution in [0.4, 0.5) is 0 Å². The summed E-state index contributed by atoms with van der Waals surface area (Å²) in [5.74, 6) is 0.728. The van der Waals surface area contributed by atoms with Crippen LogP contribution in [-0.2, 0) is 4.79 Å². The number of halogens is 1. The minimum Gasteiger partial charge on any atom is -0.339 e. The molecule has 0 N–H and O–H groups in total. The zero-order valence-corrected chi connectivity index (χ0v) is 13.3. The van der Waals surface area contributed by atoms with Gasteiger partial charge in [0.15, 0.2) is 0 Å². The number of Topliss-reactive ketones (excluding diaryl/α,β-unsaturated/α-hetero) is 1. The maximum atomic E-state index is 12.5. The first-order valence-electron chi connectivity index (χ1n) is 7.44. The molecule has 2 aliphatic rings. The fourth-order valence-corrected chi connectivity index (χ4v) is 3.56. The van der Waals surface area contributed by atoms with Crippen LogP contribution in [0, 0.1) is 0 Å². The first-order chi connectivity index (χ1) is 10.2. The second kappa shape index (κ2) is 6.25. The van der Waals surface area contributed by atoms with E-state index in [-0.39, 0.29) is 22.8 Å². The number of hydrogen-bond donors (Lipinski definition) is 0. The molecular formula is C14H18BrN3O3. The summed E-state index contributed by atoms with van der Waals surface area (Å²) in [7, 11) is 0. The predicted octanol–water partition coefficient (Wildman–Crippen LogP) is 2.30. The van der Waals surface area contributed by atoms with E-state index in [1.165, 1.54) is 12.8 Å². The Kier molecular flexibility index (Phi) is 4.37. The van der Waals surface area contributed by atoms with Gasteiger partial charge in [-0.25, -0.2) is 0 Å². The van der Waals surface area contributed by atoms with Crippen LogP contribution in [0.3, 0.4) is 0 Å². The second-order valence-corrected chi connectivity index (χ2v) is 6.24. The van der Waals surface area contributed by atoms with E-state index in [1.807, 2.05) is 0 Å². The molecule has 1 aromatic heterocycles. The number of likely N-dealkylation sites (tertiary alicyclic amines) is 1. The smallest absolute Gasteiger partial charge is 0.240 e. The average molecular weight is 356 g/mol. The van der Waals surface area contributed by atoms with Gasteiger partial charge in [0.25, 0.3) is 0 Å². The Hall–Kier alpha value is -1.24. The molecule has 0 unspecified atom stereocenters. The summed E-state index contributed by atoms with van der Waals surface area (Å²) in [4.78, 5) is 30.2. The number of aromatic nitrogens is 2. The zero-order valence-electron chi connectivity index (χ0n) is 11.8. The lowest BCUT2D eigenvalue weighted by molar-refractivity contribution is -0.128. The predicted molar refractivity (Wildman–Crippen MR) is 78.4 cm³/mol. The summed E-state index contributed by atoms with van der Waals surface area (Å²) >= 11 is 3.15. The lowest BCUT2D eigenvalue weighted by Crippen LogP contribution is -2.41. The van der Waals surface area contributed by atoms with E-state index >= 15 is 0 Å². The number of nitrogens with zero attached hydrogens (tertiary/aromatic N) is 3. The Morgan fingerprint density at radius 1 is 1.24 bits per heavy atom. The number of ketones is 1. The molecule has 3 rings (SSSR count). The molecule has 0 radical (unpaired) electrons. The van der Waals surface area contributed by atoms with Crippen LogP contribution in [0.2, 0.25) is 0 Å². The minimum atomic E-state index is -0.441. The standard InChI is InChI=1S/C14H18BrN3O3/c15-8-11(19)18-7-3-6-10(18)12(20)13-16-14(21-17-13)9-4-1-2-5-9/h9-10H,1-8H2/t10-/m0/s1. The SMILES string of the molecule is O=C(c1noc(C2CCCC2)n1)[C@@H]1CCCN1C(=O)CBr. The Morgan fingerprint density at radius 2 is 2.00 bits per heavy atom. The highest BCUT2D eigenvalue weighted by Crippen LogP contribution is 2.33. The lowest BCUT2D eigenvalue weighted by atomic mass is 10.1. The highest BCUT2D eigenvalue weighted by Gasteiger charge is 2.36. The van der Waals surface area contributed by atoms with Crippen molar-refractivity contribution in [2.45, 2.75) is 50.5 Å². The van der Waals surface area contributed by atoms with E-state index in [1.54, 1.807) is 4.90 Å². The largest absolute Gasteiger partial charge is 0.339 e. The molecule has 1 atom stereocenters. The van der Waals surface area contributed by atoms with Gasteiger partial charge < -0.3 is 9.42 Å². The van der Waals surface area contributed by atoms with Gasteiger partial charge in [0.2, 0.25) is 23.4 Å². The molecule has 1 aromatic rings. The summed E-state index contributed by atoms with van der Waals surface area (Å²) < 4.78 is 5.26. The Morgan fingerprint density at radius 3 is 2.71 bits per heavy atom. The molecule has 0 bridgehead atoms. The van der Waals surface area contributed by atoms with Crippen molar-refractivity contribution in [3.8, 4) is 0 Å². The Bertz CT molecular complexity index is 539. The van der Waals surface area contributed by atoms with E-state index in [0.29, 0.717) is 24.8 Å². The van der Waals surface area contributed by atoms with Crippen LogP contribution in [0.25, 0.3) is 0 Å². The van der Waals surface area contributed by atoms with Crippen LogP contribution in [0.1, 0.15) is 61.0 Å². The highest BCUT2D eigenvalue weighted by molar-refractivity contribution is 9.09. The molecule has 21 heavy (non-hydrogen) atoms. The van der Waals surface area contributed by atoms with Crippen LogP contribution < -0.4 is 0 Å². The quantitative estimate of drug-likeness (QED) is 0.611. The van der Waals surface area contributed by atoms with Gasteiger partial charge >= 0.3 is 0 Å². The third-order valence-electron chi connectivity index (χ3n) is 4.36. The molecule has 2 fully saturated rings. The van der Waals surface area contributed by atoms with Crippen molar-refractivity contribution in [3.05, 3.63) is 11.7 Å². The van der Waals surface area contributed by atoms with E-state index in [0.717, 1.165) is 19.3 Å². The molecule has 1 saturated heterocycles. The minimum absolute atomic E-state index is 0.0645. The molecule has 1 aliphatic carbocycles. The van der Waals surface area contributed by atoms with E-state index < -0.39 is 6.04 Å². The molecular weight excluding hydrogens is 338 g/mol. The van der Waals surface area contributed by atoms with Gasteiger partial charge in [-0.1, -0.05) is 33.9 Å². The topological polar surface area (TPSA) is 76.3 Å². The Labute approximate surface area is 131 Å². The third kappa shape index (κ3) is 2.88. The number of rotatable bonds is 4. The van der Waals surface area contributed by atoms with Gasteiger partial charge in [0.05, 0.1) is 11.4 Å². The van der Waals surface area contributed by atoms with Crippen molar-refractivity contribution in [1.82, 2.24) is 15.0 Å². The normalized spacial score (nSPS) is 22.9. The van der Waals surface area contributed by atoms with Gasteiger partial charge in [-0.05, 0) is 25.7 Å². The molecule has 0 aromatic carbocycles. The second-order valence-electron chi connectivity index (χ2n) is 5.68. The number of hydrogen-bond acceptors (Lipinski definition) is 5. The van der Waals surface area contributed by atoms with Crippen molar-refractivity contribution in [1.29, 1.82) is 0 Å². The van der Waals surface area contributed by atoms with Crippen molar-refractivity contribution in [3.63, 3.8) is 0 Å². The summed E-state index contributed by atoms with van der Waals surface area (Å²) in [6.45, 7) is 0.619. The summed E-state index contributed by atoms with van der Waals surface area (Å²) in [6, 6.07) is -0.441. The van der Waals surface area contributed by atoms with Gasteiger partial charge in [-0.3, -0.25) is 9.59 Å². The van der Waals surface area contributed by atoms with E-state index in [9.17, 15) is 9.59 Å². The summed E-state index contributed by atoms with van der Waals surface area (Å²) in [5, 5.41) is 4.07. The zero-order chi connectivity index (χ0) is 14.8. The molecule has 6 nitrogen and oxygen atoms in total. The molecule has 114 valence electrons. The van der Waals surface area contributed by atoms with Crippen molar-refractivity contribution >= 4 is 27.6 Å². The summed E-state index contributed by atoms with van der Waals surface area (Å²) in [6.07, 6.45) is 5.95. The van der Waals surface area contributed by atoms with Crippen molar-refractivity contribution in [2.24, 2.45) is 0 Å². The van der Waals surface area contributed by atoms with Crippen LogP contribution in [0.5, 0.6) is 0 Å². The maximum Gasteiger partial charge on any atom is 0.240 e. The van der Waals surface area contributed by atoms with Gasteiger partial charge in [0.1, 0.15) is 0 Å². The first-order valence-corrected chi connectivity index (χ1v) is 8.56. The Balaban J connectivity index is 1.74. The fraction of sp³-hybridized carbons (Fsp3) is 0.714. The van der Waals surface area contributed by atoms with Gasteiger partial charge in [0, 0.05) is 12.5 Å². The van der Waals surface area contributed by atoms with Crippen molar-refractivity contribution in [2.75, 3.05) is 11.9 Å². The third-order valence-corrected chi connectivity index (χ3v) is 4.84. The molecule has 7 heteroatoms. The summed E-state index contributed by atoms with van der Waals surface area (Å²) in [5.41, 5.74) is 0. The molecule has 1 amide bonds. The van der Waals surface area contributed by atoms with Gasteiger partial charge in [-0.2, -0.15) is 4.98 Å². The number of amides is 1. The maximum absolute atomic E-state index is 12.5. The number of carbonyl (C=O) groups is 2. The van der Waals surface area contributed by atoms with E-state index in [4.69, 9.17) is 4.52 Å². The number of carbonyl (C=O) groups excluding carboxylic acids is 2. The van der Waals surface area contributed by atoms with Crippen LogP contribution in [0.15, 0.2) is 4.52 Å². The first kappa shape index (κ1) is 14.7. The van der Waals surface area contributed by atoms with Gasteiger partial charge in [-0.15, -0.1) is 0 Å². The molecule has 0 spiro atoms. The number of alkyl halides is 1. The molecule has 2 heterocycles. The molecule has 1 saturated carbocycles. The lowest BCUT2D eigenvalue weighted by Gasteiger charge is -2.21. The van der Waals surface area contributed by atoms with Crippen LogP contribution >= 0.6 is 15.9 Å². The highest BCUT2D eigenvalue weighted by atomic mass is 79.9. The van der Waals surface area contributed by atoms with Crippen LogP contribution in [-0.4, -0.2) is 44.6 Å². The average Bonchev–Trinajstić information content (AvgIpc) is 3.25. The molecule has 1 aliphatic heterocycles. The van der Waals surface area contributed by atoms with Crippen molar-refractivity contribution < 1.29 is 14.1 Å².